The Bertz CT molecular complexity index is 234. The average Bonchev–Trinajstić information content (AvgIpc) is 2.41. The molecule has 0 radical (unpaired) electrons. The Morgan fingerprint density at radius 3 is 1.95 bits per heavy atom. The van der Waals surface area contributed by atoms with Crippen LogP contribution in [-0.4, -0.2) is 18.3 Å². The molecule has 2 nitrogen and oxygen atoms in total. The molecule has 0 saturated carbocycles. The molecule has 3 N–H and O–H groups in total. The molecule has 0 aromatic rings. The third-order valence-corrected chi connectivity index (χ3v) is 4.65. The first-order valence-electron chi connectivity index (χ1n) is 9.09. The molecule has 0 aliphatic rings. The second kappa shape index (κ2) is 11.5. The zero-order valence-corrected chi connectivity index (χ0v) is 15.3. The minimum Gasteiger partial charge on any atom is -0.396 e. The number of aliphatic hydroxyl groups is 1. The van der Waals surface area contributed by atoms with Crippen LogP contribution in [0.4, 0.5) is 0 Å². The van der Waals surface area contributed by atoms with Crippen molar-refractivity contribution in [2.24, 2.45) is 28.9 Å². The second-order valence-corrected chi connectivity index (χ2v) is 8.46. The summed E-state index contributed by atoms with van der Waals surface area (Å²) in [6.07, 6.45) is 10.2. The summed E-state index contributed by atoms with van der Waals surface area (Å²) in [7, 11) is 0. The lowest BCUT2D eigenvalue weighted by Gasteiger charge is -2.21. The predicted octanol–water partition coefficient (Wildman–Crippen LogP) is 4.99. The van der Waals surface area contributed by atoms with E-state index in [1.54, 1.807) is 0 Å². The molecule has 0 aromatic carbocycles. The van der Waals surface area contributed by atoms with Gasteiger partial charge in [0.25, 0.3) is 0 Å². The maximum atomic E-state index is 9.05. The lowest BCUT2D eigenvalue weighted by atomic mass is 9.86. The molecule has 0 rings (SSSR count). The summed E-state index contributed by atoms with van der Waals surface area (Å²) >= 11 is 0. The highest BCUT2D eigenvalue weighted by Crippen LogP contribution is 2.25. The molecule has 0 fully saturated rings. The topological polar surface area (TPSA) is 46.2 Å². The van der Waals surface area contributed by atoms with E-state index >= 15 is 0 Å². The van der Waals surface area contributed by atoms with Gasteiger partial charge in [0.15, 0.2) is 0 Å². The fourth-order valence-corrected chi connectivity index (χ4v) is 2.86. The van der Waals surface area contributed by atoms with Gasteiger partial charge in [0, 0.05) is 6.61 Å². The SMILES string of the molecule is CC(CO)CCC(C)CCCC(CN)CCCC(C)(C)C. The van der Waals surface area contributed by atoms with Crippen LogP contribution in [0.3, 0.4) is 0 Å². The van der Waals surface area contributed by atoms with Gasteiger partial charge < -0.3 is 10.8 Å². The molecule has 0 bridgehead atoms. The molecule has 0 spiro atoms. The van der Waals surface area contributed by atoms with Crippen molar-refractivity contribution < 1.29 is 5.11 Å². The van der Waals surface area contributed by atoms with E-state index in [0.29, 0.717) is 17.9 Å². The van der Waals surface area contributed by atoms with E-state index in [-0.39, 0.29) is 0 Å². The summed E-state index contributed by atoms with van der Waals surface area (Å²) in [5.74, 6) is 1.96. The van der Waals surface area contributed by atoms with Gasteiger partial charge in [-0.25, -0.2) is 0 Å². The van der Waals surface area contributed by atoms with Gasteiger partial charge in [0.1, 0.15) is 0 Å². The van der Waals surface area contributed by atoms with Crippen LogP contribution < -0.4 is 5.73 Å². The Morgan fingerprint density at radius 2 is 1.43 bits per heavy atom. The predicted molar refractivity (Wildman–Crippen MR) is 94.3 cm³/mol. The van der Waals surface area contributed by atoms with Gasteiger partial charge in [0.2, 0.25) is 0 Å². The van der Waals surface area contributed by atoms with E-state index in [2.05, 4.69) is 34.6 Å². The summed E-state index contributed by atoms with van der Waals surface area (Å²) in [5, 5.41) is 9.05. The second-order valence-electron chi connectivity index (χ2n) is 8.46. The minimum absolute atomic E-state index is 0.329. The summed E-state index contributed by atoms with van der Waals surface area (Å²) in [4.78, 5) is 0. The Labute approximate surface area is 133 Å². The average molecular weight is 300 g/mol. The molecule has 0 aromatic heterocycles. The number of aliphatic hydroxyl groups excluding tert-OH is 1. The van der Waals surface area contributed by atoms with Crippen molar-refractivity contribution in [1.82, 2.24) is 0 Å². The lowest BCUT2D eigenvalue weighted by Crippen LogP contribution is -2.16. The van der Waals surface area contributed by atoms with Gasteiger partial charge in [-0.15, -0.1) is 0 Å². The van der Waals surface area contributed by atoms with Crippen LogP contribution in [0.1, 0.15) is 86.0 Å². The van der Waals surface area contributed by atoms with E-state index in [9.17, 15) is 0 Å². The van der Waals surface area contributed by atoms with Gasteiger partial charge in [-0.3, -0.25) is 0 Å². The highest BCUT2D eigenvalue weighted by atomic mass is 16.3. The molecule has 21 heavy (non-hydrogen) atoms. The standard InChI is InChI=1S/C19H41NO/c1-16(11-12-17(2)15-21)8-6-9-18(14-20)10-7-13-19(3,4)5/h16-18,21H,6-15,20H2,1-5H3. The first-order chi connectivity index (χ1) is 9.78. The number of hydrogen-bond acceptors (Lipinski definition) is 2. The van der Waals surface area contributed by atoms with E-state index in [0.717, 1.165) is 24.8 Å². The van der Waals surface area contributed by atoms with Gasteiger partial charge in [-0.1, -0.05) is 60.3 Å². The Kier molecular flexibility index (Phi) is 11.4. The lowest BCUT2D eigenvalue weighted by molar-refractivity contribution is 0.221. The molecular formula is C19H41NO. The summed E-state index contributed by atoms with van der Waals surface area (Å²) in [5.41, 5.74) is 6.38. The molecule has 3 atom stereocenters. The van der Waals surface area contributed by atoms with Gasteiger partial charge >= 0.3 is 0 Å². The molecule has 0 aliphatic heterocycles. The smallest absolute Gasteiger partial charge is 0.0456 e. The highest BCUT2D eigenvalue weighted by molar-refractivity contribution is 4.67. The third-order valence-electron chi connectivity index (χ3n) is 4.65. The number of hydrogen-bond donors (Lipinski definition) is 2. The van der Waals surface area contributed by atoms with Crippen molar-refractivity contribution in [3.63, 3.8) is 0 Å². The van der Waals surface area contributed by atoms with Crippen molar-refractivity contribution in [2.45, 2.75) is 86.0 Å². The quantitative estimate of drug-likeness (QED) is 0.533. The van der Waals surface area contributed by atoms with Crippen molar-refractivity contribution >= 4 is 0 Å². The normalized spacial score (nSPS) is 16.7. The van der Waals surface area contributed by atoms with Crippen LogP contribution in [0.25, 0.3) is 0 Å². The van der Waals surface area contributed by atoms with Crippen molar-refractivity contribution in [2.75, 3.05) is 13.2 Å². The maximum Gasteiger partial charge on any atom is 0.0456 e. The number of rotatable bonds is 12. The zero-order chi connectivity index (χ0) is 16.3. The van der Waals surface area contributed by atoms with Gasteiger partial charge in [-0.2, -0.15) is 0 Å². The monoisotopic (exact) mass is 299 g/mol. The highest BCUT2D eigenvalue weighted by Gasteiger charge is 2.13. The molecule has 0 heterocycles. The van der Waals surface area contributed by atoms with Crippen LogP contribution >= 0.6 is 0 Å². The summed E-state index contributed by atoms with van der Waals surface area (Å²) in [6.45, 7) is 12.6. The number of nitrogens with two attached hydrogens (primary N) is 1. The molecule has 128 valence electrons. The molecular weight excluding hydrogens is 258 g/mol. The molecule has 0 aliphatic carbocycles. The first-order valence-corrected chi connectivity index (χ1v) is 9.09. The van der Waals surface area contributed by atoms with Crippen molar-refractivity contribution in [1.29, 1.82) is 0 Å². The fourth-order valence-electron chi connectivity index (χ4n) is 2.86. The molecule has 0 saturated heterocycles. The Morgan fingerprint density at radius 1 is 0.857 bits per heavy atom. The Hall–Kier alpha value is -0.0800. The maximum absolute atomic E-state index is 9.05. The first kappa shape index (κ1) is 20.9. The van der Waals surface area contributed by atoms with E-state index < -0.39 is 0 Å². The van der Waals surface area contributed by atoms with Gasteiger partial charge in [0.05, 0.1) is 0 Å². The van der Waals surface area contributed by atoms with Crippen LogP contribution in [0.2, 0.25) is 0 Å². The van der Waals surface area contributed by atoms with Crippen LogP contribution in [-0.2, 0) is 0 Å². The summed E-state index contributed by atoms with van der Waals surface area (Å²) < 4.78 is 0. The van der Waals surface area contributed by atoms with E-state index in [1.165, 1.54) is 44.9 Å². The van der Waals surface area contributed by atoms with Crippen molar-refractivity contribution in [3.8, 4) is 0 Å². The van der Waals surface area contributed by atoms with Gasteiger partial charge in [-0.05, 0) is 55.4 Å². The summed E-state index contributed by atoms with van der Waals surface area (Å²) in [6, 6.07) is 0. The van der Waals surface area contributed by atoms with E-state index in [1.807, 2.05) is 0 Å². The fraction of sp³-hybridized carbons (Fsp3) is 1.00. The molecule has 2 heteroatoms. The zero-order valence-electron chi connectivity index (χ0n) is 15.3. The van der Waals surface area contributed by atoms with Crippen molar-refractivity contribution in [3.05, 3.63) is 0 Å². The van der Waals surface area contributed by atoms with Crippen LogP contribution in [0, 0.1) is 23.2 Å². The van der Waals surface area contributed by atoms with Crippen LogP contribution in [0.15, 0.2) is 0 Å². The molecule has 0 amide bonds. The molecule has 3 unspecified atom stereocenters. The largest absolute Gasteiger partial charge is 0.396 e. The Balaban J connectivity index is 3.71. The van der Waals surface area contributed by atoms with E-state index in [4.69, 9.17) is 10.8 Å². The minimum atomic E-state index is 0.329. The van der Waals surface area contributed by atoms with Crippen LogP contribution in [0.5, 0.6) is 0 Å². The third kappa shape index (κ3) is 13.3.